The summed E-state index contributed by atoms with van der Waals surface area (Å²) in [5, 5.41) is 12.2. The Kier molecular flexibility index (Phi) is 3.10. The van der Waals surface area contributed by atoms with Gasteiger partial charge in [-0.25, -0.2) is 0 Å². The van der Waals surface area contributed by atoms with Gasteiger partial charge in [0, 0.05) is 37.3 Å². The Labute approximate surface area is 141 Å². The van der Waals surface area contributed by atoms with Gasteiger partial charge in [0.15, 0.2) is 5.82 Å². The standard InChI is InChI=1S/C18H23N5O/c24-17-18(5-7-19-12-18)6-10-23(17)13-3-4-15-14(11-13)16(21-20-15)22-8-1-2-9-22/h3-4,11,19H,1-2,5-10,12H2,(H,20,21)/t18-/m0/s1. The highest BCUT2D eigenvalue weighted by atomic mass is 16.2. The summed E-state index contributed by atoms with van der Waals surface area (Å²) in [6.07, 6.45) is 4.39. The minimum Gasteiger partial charge on any atom is -0.355 e. The summed E-state index contributed by atoms with van der Waals surface area (Å²) in [4.78, 5) is 17.3. The molecule has 1 spiro atoms. The van der Waals surface area contributed by atoms with Crippen LogP contribution in [0.15, 0.2) is 18.2 Å². The molecule has 4 heterocycles. The van der Waals surface area contributed by atoms with Gasteiger partial charge in [0.25, 0.3) is 0 Å². The van der Waals surface area contributed by atoms with Crippen molar-refractivity contribution in [3.63, 3.8) is 0 Å². The number of carbonyl (C=O) groups excluding carboxylic acids is 1. The first-order valence-electron chi connectivity index (χ1n) is 9.03. The normalized spacial score (nSPS) is 27.2. The lowest BCUT2D eigenvalue weighted by Crippen LogP contribution is -2.36. The summed E-state index contributed by atoms with van der Waals surface area (Å²) in [6, 6.07) is 6.25. The van der Waals surface area contributed by atoms with Gasteiger partial charge < -0.3 is 15.1 Å². The van der Waals surface area contributed by atoms with Gasteiger partial charge in [-0.3, -0.25) is 9.89 Å². The number of benzene rings is 1. The summed E-state index contributed by atoms with van der Waals surface area (Å²) in [6.45, 7) is 4.75. The lowest BCUT2D eigenvalue weighted by Gasteiger charge is -2.22. The number of carbonyl (C=O) groups is 1. The number of aromatic amines is 1. The number of nitrogens with one attached hydrogen (secondary N) is 2. The fourth-order valence-electron chi connectivity index (χ4n) is 4.53. The molecule has 2 N–H and O–H groups in total. The predicted octanol–water partition coefficient (Wildman–Crippen LogP) is 1.88. The van der Waals surface area contributed by atoms with Crippen LogP contribution in [0.5, 0.6) is 0 Å². The molecule has 3 saturated heterocycles. The Hall–Kier alpha value is -2.08. The molecule has 3 fully saturated rings. The first kappa shape index (κ1) is 14.3. The van der Waals surface area contributed by atoms with Crippen LogP contribution in [0.1, 0.15) is 25.7 Å². The molecule has 0 bridgehead atoms. The molecule has 0 saturated carbocycles. The number of aromatic nitrogens is 2. The zero-order valence-electron chi connectivity index (χ0n) is 13.8. The van der Waals surface area contributed by atoms with Crippen molar-refractivity contribution >= 4 is 28.3 Å². The second kappa shape index (κ2) is 5.21. The number of rotatable bonds is 2. The Morgan fingerprint density at radius 1 is 1.12 bits per heavy atom. The van der Waals surface area contributed by atoms with E-state index in [0.29, 0.717) is 0 Å². The summed E-state index contributed by atoms with van der Waals surface area (Å²) in [5.41, 5.74) is 1.89. The summed E-state index contributed by atoms with van der Waals surface area (Å²) < 4.78 is 0. The van der Waals surface area contributed by atoms with Crippen molar-refractivity contribution in [1.29, 1.82) is 0 Å². The van der Waals surface area contributed by atoms with Crippen LogP contribution in [0.4, 0.5) is 11.5 Å². The SMILES string of the molecule is O=C1N(c2ccc3[nH]nc(N4CCCC4)c3c2)CC[C@]12CCNC2. The van der Waals surface area contributed by atoms with E-state index in [1.165, 1.54) is 12.8 Å². The number of anilines is 2. The van der Waals surface area contributed by atoms with Crippen molar-refractivity contribution in [3.05, 3.63) is 18.2 Å². The highest BCUT2D eigenvalue weighted by molar-refractivity contribution is 6.03. The van der Waals surface area contributed by atoms with E-state index < -0.39 is 0 Å². The van der Waals surface area contributed by atoms with Crippen molar-refractivity contribution in [2.75, 3.05) is 42.5 Å². The van der Waals surface area contributed by atoms with Crippen molar-refractivity contribution in [3.8, 4) is 0 Å². The van der Waals surface area contributed by atoms with Crippen LogP contribution in [0, 0.1) is 5.41 Å². The van der Waals surface area contributed by atoms with Gasteiger partial charge in [0.05, 0.1) is 10.9 Å². The summed E-state index contributed by atoms with van der Waals surface area (Å²) in [7, 11) is 0. The van der Waals surface area contributed by atoms with Gasteiger partial charge in [-0.2, -0.15) is 5.10 Å². The van der Waals surface area contributed by atoms with E-state index >= 15 is 0 Å². The van der Waals surface area contributed by atoms with E-state index in [-0.39, 0.29) is 11.3 Å². The van der Waals surface area contributed by atoms with Gasteiger partial charge in [-0.05, 0) is 50.4 Å². The molecule has 3 aliphatic rings. The number of fused-ring (bicyclic) bond motifs is 1. The third-order valence-corrected chi connectivity index (χ3v) is 6.00. The van der Waals surface area contributed by atoms with Gasteiger partial charge in [0.1, 0.15) is 0 Å². The average molecular weight is 325 g/mol. The molecule has 1 aromatic heterocycles. The number of hydrogen-bond donors (Lipinski definition) is 2. The van der Waals surface area contributed by atoms with Crippen molar-refractivity contribution in [1.82, 2.24) is 15.5 Å². The molecule has 3 aliphatic heterocycles. The zero-order chi connectivity index (χ0) is 16.1. The topological polar surface area (TPSA) is 64.3 Å². The summed E-state index contributed by atoms with van der Waals surface area (Å²) in [5.74, 6) is 1.33. The van der Waals surface area contributed by atoms with E-state index in [1.54, 1.807) is 0 Å². The molecular formula is C18H23N5O. The van der Waals surface area contributed by atoms with Crippen molar-refractivity contribution < 1.29 is 4.79 Å². The number of nitrogens with zero attached hydrogens (tertiary/aromatic N) is 3. The van der Waals surface area contributed by atoms with Crippen LogP contribution in [-0.4, -0.2) is 48.8 Å². The highest BCUT2D eigenvalue weighted by Gasteiger charge is 2.48. The molecule has 0 aliphatic carbocycles. The second-order valence-corrected chi connectivity index (χ2v) is 7.39. The number of H-pyrrole nitrogens is 1. The highest BCUT2D eigenvalue weighted by Crippen LogP contribution is 2.40. The first-order valence-corrected chi connectivity index (χ1v) is 9.03. The molecule has 6 heteroatoms. The molecule has 0 radical (unpaired) electrons. The zero-order valence-corrected chi connectivity index (χ0v) is 13.8. The minimum absolute atomic E-state index is 0.164. The molecule has 2 aromatic rings. The van der Waals surface area contributed by atoms with Gasteiger partial charge in [0.2, 0.25) is 5.91 Å². The Morgan fingerprint density at radius 3 is 2.79 bits per heavy atom. The van der Waals surface area contributed by atoms with Crippen LogP contribution in [0.25, 0.3) is 10.9 Å². The molecule has 1 amide bonds. The lowest BCUT2D eigenvalue weighted by atomic mass is 9.86. The van der Waals surface area contributed by atoms with E-state index in [0.717, 1.165) is 68.0 Å². The van der Waals surface area contributed by atoms with Crippen LogP contribution in [0.3, 0.4) is 0 Å². The number of amides is 1. The number of hydrogen-bond acceptors (Lipinski definition) is 4. The molecular weight excluding hydrogens is 302 g/mol. The maximum Gasteiger partial charge on any atom is 0.234 e. The second-order valence-electron chi connectivity index (χ2n) is 7.39. The monoisotopic (exact) mass is 325 g/mol. The minimum atomic E-state index is -0.164. The van der Waals surface area contributed by atoms with Gasteiger partial charge >= 0.3 is 0 Å². The van der Waals surface area contributed by atoms with Crippen molar-refractivity contribution in [2.24, 2.45) is 5.41 Å². The molecule has 0 unspecified atom stereocenters. The average Bonchev–Trinajstić information content (AvgIpc) is 3.37. The molecule has 1 aromatic carbocycles. The summed E-state index contributed by atoms with van der Waals surface area (Å²) >= 11 is 0. The predicted molar refractivity (Wildman–Crippen MR) is 94.4 cm³/mol. The molecule has 24 heavy (non-hydrogen) atoms. The first-order chi connectivity index (χ1) is 11.8. The quantitative estimate of drug-likeness (QED) is 0.885. The van der Waals surface area contributed by atoms with Crippen LogP contribution < -0.4 is 15.1 Å². The fourth-order valence-corrected chi connectivity index (χ4v) is 4.53. The van der Waals surface area contributed by atoms with Crippen LogP contribution >= 0.6 is 0 Å². The third kappa shape index (κ3) is 1.99. The van der Waals surface area contributed by atoms with Crippen LogP contribution in [0.2, 0.25) is 0 Å². The molecule has 6 nitrogen and oxygen atoms in total. The molecule has 5 rings (SSSR count). The Morgan fingerprint density at radius 2 is 2.00 bits per heavy atom. The maximum absolute atomic E-state index is 13.0. The third-order valence-electron chi connectivity index (χ3n) is 6.00. The smallest absolute Gasteiger partial charge is 0.234 e. The largest absolute Gasteiger partial charge is 0.355 e. The lowest BCUT2D eigenvalue weighted by molar-refractivity contribution is -0.124. The van der Waals surface area contributed by atoms with E-state index in [1.807, 2.05) is 11.0 Å². The van der Waals surface area contributed by atoms with E-state index in [4.69, 9.17) is 0 Å². The van der Waals surface area contributed by atoms with Gasteiger partial charge in [-0.1, -0.05) is 0 Å². The van der Waals surface area contributed by atoms with Crippen molar-refractivity contribution in [2.45, 2.75) is 25.7 Å². The van der Waals surface area contributed by atoms with Crippen LogP contribution in [-0.2, 0) is 4.79 Å². The molecule has 1 atom stereocenters. The van der Waals surface area contributed by atoms with Gasteiger partial charge in [-0.15, -0.1) is 0 Å². The Bertz CT molecular complexity index is 786. The molecule has 126 valence electrons. The maximum atomic E-state index is 13.0. The fraction of sp³-hybridized carbons (Fsp3) is 0.556. The van der Waals surface area contributed by atoms with E-state index in [9.17, 15) is 4.79 Å². The Balaban J connectivity index is 1.51. The van der Waals surface area contributed by atoms with E-state index in [2.05, 4.69) is 32.5 Å².